The number of ether oxygens (including phenoxy) is 1. The summed E-state index contributed by atoms with van der Waals surface area (Å²) >= 11 is 0. The second-order valence-corrected chi connectivity index (χ2v) is 7.94. The molecule has 0 amide bonds. The van der Waals surface area contributed by atoms with Crippen molar-refractivity contribution < 1.29 is 9.13 Å². The number of hydrogen-bond acceptors (Lipinski definition) is 4. The van der Waals surface area contributed by atoms with Gasteiger partial charge in [-0.05, 0) is 50.3 Å². The molecule has 168 valence electrons. The molecule has 1 saturated heterocycles. The van der Waals surface area contributed by atoms with Gasteiger partial charge in [-0.15, -0.1) is 24.0 Å². The van der Waals surface area contributed by atoms with Crippen molar-refractivity contribution in [3.63, 3.8) is 0 Å². The maximum absolute atomic E-state index is 14.0. The molecule has 1 aromatic carbocycles. The fraction of sp³-hybridized carbons (Fsp3) is 0.478. The highest BCUT2D eigenvalue weighted by Gasteiger charge is 2.26. The molecule has 1 unspecified atom stereocenters. The maximum atomic E-state index is 14.0. The Balaban J connectivity index is 0.00000272. The molecule has 2 N–H and O–H groups in total. The summed E-state index contributed by atoms with van der Waals surface area (Å²) in [6.45, 7) is 5.62. The van der Waals surface area contributed by atoms with Gasteiger partial charge in [0.15, 0.2) is 17.6 Å². The molecule has 8 heteroatoms. The van der Waals surface area contributed by atoms with Gasteiger partial charge in [-0.3, -0.25) is 0 Å². The summed E-state index contributed by atoms with van der Waals surface area (Å²) in [6.07, 6.45) is 5.08. The van der Waals surface area contributed by atoms with Crippen LogP contribution >= 0.6 is 24.0 Å². The predicted molar refractivity (Wildman–Crippen MR) is 133 cm³/mol. The number of aliphatic imine (C=N–C) groups is 1. The van der Waals surface area contributed by atoms with Crippen LogP contribution in [0.4, 0.5) is 10.2 Å². The van der Waals surface area contributed by atoms with E-state index < -0.39 is 0 Å². The van der Waals surface area contributed by atoms with Gasteiger partial charge in [0.1, 0.15) is 5.75 Å². The minimum Gasteiger partial charge on any atom is -0.493 e. The normalized spacial score (nSPS) is 18.5. The zero-order valence-corrected chi connectivity index (χ0v) is 20.2. The van der Waals surface area contributed by atoms with Crippen molar-refractivity contribution in [2.24, 2.45) is 10.9 Å². The Hall–Kier alpha value is -2.10. The van der Waals surface area contributed by atoms with Crippen LogP contribution in [0, 0.1) is 11.7 Å². The summed E-state index contributed by atoms with van der Waals surface area (Å²) in [5, 5.41) is 6.81. The summed E-state index contributed by atoms with van der Waals surface area (Å²) in [7, 11) is 0. The number of nitrogens with one attached hydrogen (secondary N) is 2. The van der Waals surface area contributed by atoms with Crippen LogP contribution in [0.25, 0.3) is 0 Å². The molecule has 2 aromatic rings. The molecule has 2 fully saturated rings. The zero-order valence-electron chi connectivity index (χ0n) is 17.9. The fourth-order valence-electron chi connectivity index (χ4n) is 3.63. The van der Waals surface area contributed by atoms with E-state index in [9.17, 15) is 4.39 Å². The van der Waals surface area contributed by atoms with Gasteiger partial charge in [-0.1, -0.05) is 18.2 Å². The van der Waals surface area contributed by atoms with Crippen molar-refractivity contribution in [2.45, 2.75) is 38.8 Å². The smallest absolute Gasteiger partial charge is 0.191 e. The Bertz CT molecular complexity index is 877. The second-order valence-electron chi connectivity index (χ2n) is 7.94. The molecule has 0 spiro atoms. The standard InChI is InChI=1S/C23H30FN5O.HI/c1-2-25-23(27-14-18-6-3-4-8-21(18)30-16-17-9-10-17)28-19-11-13-29(15-19)22-20(24)7-5-12-26-22;/h3-8,12,17,19H,2,9-11,13-16H2,1H3,(H2,25,27,28);1H. The number of anilines is 1. The van der Waals surface area contributed by atoms with Crippen molar-refractivity contribution in [3.05, 3.63) is 54.0 Å². The molecular weight excluding hydrogens is 508 g/mol. The number of rotatable bonds is 8. The molecule has 0 bridgehead atoms. The van der Waals surface area contributed by atoms with Crippen molar-refractivity contribution in [1.82, 2.24) is 15.6 Å². The third-order valence-electron chi connectivity index (χ3n) is 5.46. The van der Waals surface area contributed by atoms with Crippen molar-refractivity contribution >= 4 is 35.8 Å². The molecule has 2 heterocycles. The number of hydrogen-bond donors (Lipinski definition) is 2. The van der Waals surface area contributed by atoms with Gasteiger partial charge in [0.05, 0.1) is 13.2 Å². The Kier molecular flexibility index (Phi) is 8.74. The first-order chi connectivity index (χ1) is 14.7. The molecular formula is C23H31FIN5O. The topological polar surface area (TPSA) is 61.8 Å². The van der Waals surface area contributed by atoms with Gasteiger partial charge >= 0.3 is 0 Å². The summed E-state index contributed by atoms with van der Waals surface area (Å²) in [5.74, 6) is 2.55. The van der Waals surface area contributed by atoms with Gasteiger partial charge in [-0.2, -0.15) is 0 Å². The van der Waals surface area contributed by atoms with E-state index >= 15 is 0 Å². The molecule has 1 aliphatic carbocycles. The van der Waals surface area contributed by atoms with E-state index in [0.29, 0.717) is 18.9 Å². The van der Waals surface area contributed by atoms with Crippen molar-refractivity contribution in [2.75, 3.05) is 31.1 Å². The number of halogens is 2. The lowest BCUT2D eigenvalue weighted by atomic mass is 10.2. The molecule has 1 atom stereocenters. The van der Waals surface area contributed by atoms with Gasteiger partial charge < -0.3 is 20.3 Å². The van der Waals surface area contributed by atoms with Crippen LogP contribution in [-0.4, -0.2) is 43.2 Å². The lowest BCUT2D eigenvalue weighted by Gasteiger charge is -2.20. The molecule has 6 nitrogen and oxygen atoms in total. The van der Waals surface area contributed by atoms with E-state index in [1.165, 1.54) is 18.9 Å². The lowest BCUT2D eigenvalue weighted by Crippen LogP contribution is -2.44. The van der Waals surface area contributed by atoms with Gasteiger partial charge in [-0.25, -0.2) is 14.4 Å². The van der Waals surface area contributed by atoms with Crippen molar-refractivity contribution in [3.8, 4) is 5.75 Å². The summed E-state index contributed by atoms with van der Waals surface area (Å²) < 4.78 is 20.0. The highest BCUT2D eigenvalue weighted by molar-refractivity contribution is 14.0. The Morgan fingerprint density at radius 2 is 2.06 bits per heavy atom. The minimum atomic E-state index is -0.276. The van der Waals surface area contributed by atoms with E-state index in [1.807, 2.05) is 30.0 Å². The Labute approximate surface area is 200 Å². The molecule has 4 rings (SSSR count). The summed E-state index contributed by atoms with van der Waals surface area (Å²) in [6, 6.07) is 11.4. The molecule has 0 radical (unpaired) electrons. The van der Waals surface area contributed by atoms with Crippen LogP contribution < -0.4 is 20.3 Å². The highest BCUT2D eigenvalue weighted by atomic mass is 127. The number of benzene rings is 1. The van der Waals surface area contributed by atoms with E-state index in [2.05, 4.69) is 21.7 Å². The van der Waals surface area contributed by atoms with E-state index in [0.717, 1.165) is 49.3 Å². The second kappa shape index (κ2) is 11.5. The molecule has 1 saturated carbocycles. The van der Waals surface area contributed by atoms with Gasteiger partial charge in [0, 0.05) is 37.4 Å². The average Bonchev–Trinajstić information content (AvgIpc) is 3.48. The molecule has 31 heavy (non-hydrogen) atoms. The number of aromatic nitrogens is 1. The SMILES string of the molecule is CCNC(=NCc1ccccc1OCC1CC1)NC1CCN(c2ncccc2F)C1.I. The largest absolute Gasteiger partial charge is 0.493 e. The number of guanidine groups is 1. The minimum absolute atomic E-state index is 0. The van der Waals surface area contributed by atoms with Crippen LogP contribution in [0.15, 0.2) is 47.6 Å². The van der Waals surface area contributed by atoms with Crippen LogP contribution in [0.5, 0.6) is 5.75 Å². The van der Waals surface area contributed by atoms with Gasteiger partial charge in [0.25, 0.3) is 0 Å². The average molecular weight is 539 g/mol. The molecule has 1 aromatic heterocycles. The number of nitrogens with zero attached hydrogens (tertiary/aromatic N) is 3. The molecule has 2 aliphatic rings. The third kappa shape index (κ3) is 6.69. The van der Waals surface area contributed by atoms with Crippen LogP contribution in [0.1, 0.15) is 31.7 Å². The number of para-hydroxylation sites is 1. The maximum Gasteiger partial charge on any atom is 0.191 e. The Morgan fingerprint density at radius 1 is 1.23 bits per heavy atom. The van der Waals surface area contributed by atoms with Crippen molar-refractivity contribution in [1.29, 1.82) is 0 Å². The fourth-order valence-corrected chi connectivity index (χ4v) is 3.63. The first-order valence-electron chi connectivity index (χ1n) is 10.8. The quantitative estimate of drug-likeness (QED) is 0.302. The Morgan fingerprint density at radius 3 is 2.84 bits per heavy atom. The zero-order chi connectivity index (χ0) is 20.8. The predicted octanol–water partition coefficient (Wildman–Crippen LogP) is 3.96. The summed E-state index contributed by atoms with van der Waals surface area (Å²) in [5.41, 5.74) is 1.08. The van der Waals surface area contributed by atoms with E-state index in [-0.39, 0.29) is 35.8 Å². The van der Waals surface area contributed by atoms with Crippen LogP contribution in [0.2, 0.25) is 0 Å². The van der Waals surface area contributed by atoms with Crippen LogP contribution in [0.3, 0.4) is 0 Å². The molecule has 1 aliphatic heterocycles. The van der Waals surface area contributed by atoms with Gasteiger partial charge in [0.2, 0.25) is 0 Å². The first kappa shape index (κ1) is 23.6. The lowest BCUT2D eigenvalue weighted by molar-refractivity contribution is 0.297. The number of pyridine rings is 1. The third-order valence-corrected chi connectivity index (χ3v) is 5.46. The van der Waals surface area contributed by atoms with E-state index in [1.54, 1.807) is 12.3 Å². The van der Waals surface area contributed by atoms with E-state index in [4.69, 9.17) is 9.73 Å². The summed E-state index contributed by atoms with van der Waals surface area (Å²) in [4.78, 5) is 10.9. The van der Waals surface area contributed by atoms with Crippen LogP contribution in [-0.2, 0) is 6.54 Å². The monoisotopic (exact) mass is 539 g/mol. The highest BCUT2D eigenvalue weighted by Crippen LogP contribution is 2.30. The first-order valence-corrected chi connectivity index (χ1v) is 10.8.